The lowest BCUT2D eigenvalue weighted by molar-refractivity contribution is -0.118. The minimum atomic E-state index is -0.853. The molecule has 1 amide bonds. The van der Waals surface area contributed by atoms with Gasteiger partial charge < -0.3 is 9.47 Å². The quantitative estimate of drug-likeness (QED) is 0.305. The molecule has 1 atom stereocenters. The number of ether oxygens (including phenoxy) is 2. The molecule has 7 nitrogen and oxygen atoms in total. The number of benzene rings is 2. The van der Waals surface area contributed by atoms with Gasteiger partial charge in [0.1, 0.15) is 5.75 Å². The molecular weight excluding hydrogens is 628 g/mol. The fourth-order valence-electron chi connectivity index (χ4n) is 3.45. The van der Waals surface area contributed by atoms with E-state index >= 15 is 0 Å². The van der Waals surface area contributed by atoms with Gasteiger partial charge in [0.05, 0.1) is 22.8 Å². The molecule has 3 aromatic rings. The molecule has 166 valence electrons. The Kier molecular flexibility index (Phi) is 7.09. The average Bonchev–Trinajstić information content (AvgIpc) is 2.87. The van der Waals surface area contributed by atoms with Crippen molar-refractivity contribution in [2.75, 3.05) is 17.8 Å². The molecule has 0 saturated carbocycles. The van der Waals surface area contributed by atoms with Crippen molar-refractivity contribution in [2.24, 2.45) is 0 Å². The van der Waals surface area contributed by atoms with Crippen LogP contribution in [-0.2, 0) is 4.79 Å². The first-order valence-corrected chi connectivity index (χ1v) is 12.9. The van der Waals surface area contributed by atoms with Crippen molar-refractivity contribution in [2.45, 2.75) is 25.2 Å². The van der Waals surface area contributed by atoms with Gasteiger partial charge in [-0.2, -0.15) is 4.98 Å². The van der Waals surface area contributed by atoms with Crippen LogP contribution in [0.15, 0.2) is 48.9 Å². The molecule has 4 rings (SSSR count). The molecule has 0 radical (unpaired) electrons. The lowest BCUT2D eigenvalue weighted by Crippen LogP contribution is -2.36. The average molecular weight is 645 g/mol. The van der Waals surface area contributed by atoms with Crippen LogP contribution in [0.2, 0.25) is 0 Å². The highest BCUT2D eigenvalue weighted by atomic mass is 79.9. The van der Waals surface area contributed by atoms with Crippen molar-refractivity contribution in [3.05, 3.63) is 49.3 Å². The first-order chi connectivity index (χ1) is 15.3. The number of hydrogen-bond acceptors (Lipinski definition) is 7. The van der Waals surface area contributed by atoms with E-state index in [0.29, 0.717) is 39.3 Å². The second-order valence-electron chi connectivity index (χ2n) is 6.71. The number of aromatic nitrogens is 3. The van der Waals surface area contributed by atoms with E-state index < -0.39 is 6.23 Å². The monoisotopic (exact) mass is 642 g/mol. The number of methoxy groups -OCH3 is 1. The van der Waals surface area contributed by atoms with Crippen molar-refractivity contribution < 1.29 is 14.3 Å². The highest BCUT2D eigenvalue weighted by molar-refractivity contribution is 9.11. The predicted molar refractivity (Wildman–Crippen MR) is 134 cm³/mol. The summed E-state index contributed by atoms with van der Waals surface area (Å²) in [6.07, 6.45) is -0.853. The van der Waals surface area contributed by atoms with Gasteiger partial charge in [0.25, 0.3) is 0 Å². The van der Waals surface area contributed by atoms with Gasteiger partial charge in [-0.25, -0.2) is 0 Å². The predicted octanol–water partition coefficient (Wildman–Crippen LogP) is 6.39. The van der Waals surface area contributed by atoms with E-state index in [4.69, 9.17) is 9.47 Å². The molecule has 2 aromatic carbocycles. The number of carbonyl (C=O) groups excluding carboxylic acids is 1. The molecule has 0 bridgehead atoms. The molecule has 32 heavy (non-hydrogen) atoms. The van der Waals surface area contributed by atoms with Gasteiger partial charge >= 0.3 is 0 Å². The van der Waals surface area contributed by atoms with Crippen LogP contribution in [0, 0.1) is 0 Å². The molecule has 1 aliphatic rings. The standard InChI is InChI=1S/C21H17Br3N4O3S/c1-4-32-21-25-19-17(26-27-21)13-7-11(22)5-6-16(13)28(10(2)29)20(31-19)14-8-12(23)9-15(24)18(14)30-3/h5-9,20H,4H2,1-3H3/t20-/m1/s1. The maximum Gasteiger partial charge on any atom is 0.247 e. The number of hydrogen-bond donors (Lipinski definition) is 0. The normalized spacial score (nSPS) is 14.8. The summed E-state index contributed by atoms with van der Waals surface area (Å²) < 4.78 is 14.4. The van der Waals surface area contributed by atoms with Crippen LogP contribution >= 0.6 is 59.6 Å². The molecule has 11 heteroatoms. The van der Waals surface area contributed by atoms with Crippen molar-refractivity contribution in [1.29, 1.82) is 0 Å². The Morgan fingerprint density at radius 1 is 1.19 bits per heavy atom. The summed E-state index contributed by atoms with van der Waals surface area (Å²) in [5.41, 5.74) is 2.43. The number of halogens is 3. The van der Waals surface area contributed by atoms with Crippen LogP contribution in [-0.4, -0.2) is 34.0 Å². The molecule has 0 N–H and O–H groups in total. The first kappa shape index (κ1) is 23.5. The van der Waals surface area contributed by atoms with Crippen LogP contribution in [0.25, 0.3) is 11.3 Å². The number of carbonyl (C=O) groups is 1. The number of amides is 1. The van der Waals surface area contributed by atoms with E-state index in [1.807, 2.05) is 37.3 Å². The van der Waals surface area contributed by atoms with Crippen LogP contribution in [0.4, 0.5) is 5.69 Å². The summed E-state index contributed by atoms with van der Waals surface area (Å²) >= 11 is 12.1. The molecule has 0 spiro atoms. The van der Waals surface area contributed by atoms with E-state index in [9.17, 15) is 4.79 Å². The van der Waals surface area contributed by atoms with E-state index in [1.165, 1.54) is 18.7 Å². The molecule has 0 saturated heterocycles. The zero-order valence-electron chi connectivity index (χ0n) is 17.2. The van der Waals surface area contributed by atoms with Crippen LogP contribution in [0.3, 0.4) is 0 Å². The summed E-state index contributed by atoms with van der Waals surface area (Å²) in [5, 5.41) is 9.16. The Morgan fingerprint density at radius 2 is 1.97 bits per heavy atom. The van der Waals surface area contributed by atoms with Gasteiger partial charge in [-0.3, -0.25) is 9.69 Å². The topological polar surface area (TPSA) is 77.4 Å². The summed E-state index contributed by atoms with van der Waals surface area (Å²) in [4.78, 5) is 19.2. The minimum Gasteiger partial charge on any atom is -0.495 e. The van der Waals surface area contributed by atoms with Gasteiger partial charge in [0.15, 0.2) is 5.69 Å². The number of nitrogens with zero attached hydrogens (tertiary/aromatic N) is 4. The number of rotatable bonds is 4. The van der Waals surface area contributed by atoms with Crippen molar-refractivity contribution in [3.63, 3.8) is 0 Å². The zero-order valence-corrected chi connectivity index (χ0v) is 22.8. The summed E-state index contributed by atoms with van der Waals surface area (Å²) in [6.45, 7) is 3.51. The Balaban J connectivity index is 2.02. The summed E-state index contributed by atoms with van der Waals surface area (Å²) in [5.74, 6) is 1.43. The van der Waals surface area contributed by atoms with Gasteiger partial charge in [-0.1, -0.05) is 50.5 Å². The summed E-state index contributed by atoms with van der Waals surface area (Å²) in [6, 6.07) is 9.34. The van der Waals surface area contributed by atoms with E-state index in [1.54, 1.807) is 12.0 Å². The third-order valence-electron chi connectivity index (χ3n) is 4.69. The Morgan fingerprint density at radius 3 is 2.66 bits per heavy atom. The second kappa shape index (κ2) is 9.66. The molecule has 0 unspecified atom stereocenters. The zero-order chi connectivity index (χ0) is 23.0. The molecule has 0 fully saturated rings. The smallest absolute Gasteiger partial charge is 0.247 e. The lowest BCUT2D eigenvalue weighted by atomic mass is 10.1. The number of thioether (sulfide) groups is 1. The van der Waals surface area contributed by atoms with Gasteiger partial charge in [-0.15, -0.1) is 10.2 Å². The maximum absolute atomic E-state index is 13.0. The molecule has 2 heterocycles. The van der Waals surface area contributed by atoms with Crippen molar-refractivity contribution >= 4 is 71.1 Å². The van der Waals surface area contributed by atoms with Gasteiger partial charge in [0.2, 0.25) is 23.2 Å². The minimum absolute atomic E-state index is 0.208. The fourth-order valence-corrected chi connectivity index (χ4v) is 5.73. The molecule has 1 aliphatic heterocycles. The number of anilines is 1. The van der Waals surface area contributed by atoms with Gasteiger partial charge in [-0.05, 0) is 52.0 Å². The van der Waals surface area contributed by atoms with Gasteiger partial charge in [0, 0.05) is 21.4 Å². The highest BCUT2D eigenvalue weighted by Crippen LogP contribution is 2.47. The lowest BCUT2D eigenvalue weighted by Gasteiger charge is -2.31. The highest BCUT2D eigenvalue weighted by Gasteiger charge is 2.37. The second-order valence-corrected chi connectivity index (χ2v) is 10.6. The maximum atomic E-state index is 13.0. The van der Waals surface area contributed by atoms with Crippen molar-refractivity contribution in [1.82, 2.24) is 15.2 Å². The van der Waals surface area contributed by atoms with Crippen LogP contribution in [0.1, 0.15) is 25.6 Å². The first-order valence-electron chi connectivity index (χ1n) is 9.50. The van der Waals surface area contributed by atoms with E-state index in [2.05, 4.69) is 63.0 Å². The summed E-state index contributed by atoms with van der Waals surface area (Å²) in [7, 11) is 1.57. The molecule has 1 aromatic heterocycles. The largest absolute Gasteiger partial charge is 0.495 e. The van der Waals surface area contributed by atoms with E-state index in [0.717, 1.165) is 19.2 Å². The van der Waals surface area contributed by atoms with E-state index in [-0.39, 0.29) is 5.91 Å². The molecular formula is C21H17Br3N4O3S. The fraction of sp³-hybridized carbons (Fsp3) is 0.238. The number of fused-ring (bicyclic) bond motifs is 3. The Labute approximate surface area is 214 Å². The molecule has 0 aliphatic carbocycles. The van der Waals surface area contributed by atoms with Crippen molar-refractivity contribution in [3.8, 4) is 22.9 Å². The van der Waals surface area contributed by atoms with Crippen LogP contribution < -0.4 is 14.4 Å². The third-order valence-corrected chi connectivity index (χ3v) is 6.95. The van der Waals surface area contributed by atoms with Crippen LogP contribution in [0.5, 0.6) is 11.6 Å². The Hall–Kier alpha value is -1.69. The third kappa shape index (κ3) is 4.40. The SMILES string of the molecule is CCSc1nnc2c(n1)O[C@H](c1cc(Br)cc(Br)c1OC)N(C(C)=O)c1ccc(Br)cc1-2. The Bertz CT molecular complexity index is 1210.